The molecule has 1 amide bonds. The van der Waals surface area contributed by atoms with Crippen LogP contribution in [0, 0.1) is 10.1 Å². The Morgan fingerprint density at radius 1 is 1.12 bits per heavy atom. The molecule has 0 saturated heterocycles. The van der Waals surface area contributed by atoms with Gasteiger partial charge < -0.3 is 0 Å². The fraction of sp³-hybridized carbons (Fsp3) is 0.263. The van der Waals surface area contributed by atoms with Crippen LogP contribution in [-0.4, -0.2) is 16.5 Å². The van der Waals surface area contributed by atoms with E-state index in [1.807, 2.05) is 13.0 Å². The highest BCUT2D eigenvalue weighted by atomic mass is 16.6. The van der Waals surface area contributed by atoms with Crippen molar-refractivity contribution in [3.05, 3.63) is 74.8 Å². The van der Waals surface area contributed by atoms with E-state index in [1.165, 1.54) is 42.2 Å². The SMILES string of the molecule is CC(=NNC(=O)c1ccccc1[N+](=O)[O-])c1ccc2c(c1)CCCC2. The molecule has 1 N–H and O–H groups in total. The zero-order chi connectivity index (χ0) is 17.8. The largest absolute Gasteiger partial charge is 0.282 e. The highest BCUT2D eigenvalue weighted by Crippen LogP contribution is 2.22. The second kappa shape index (κ2) is 7.25. The van der Waals surface area contributed by atoms with Gasteiger partial charge >= 0.3 is 0 Å². The molecule has 0 saturated carbocycles. The fourth-order valence-electron chi connectivity index (χ4n) is 3.04. The van der Waals surface area contributed by atoms with Crippen molar-refractivity contribution in [2.75, 3.05) is 0 Å². The normalized spacial score (nSPS) is 13.9. The predicted molar refractivity (Wildman–Crippen MR) is 95.9 cm³/mol. The molecular weight excluding hydrogens is 318 g/mol. The number of carbonyl (C=O) groups is 1. The summed E-state index contributed by atoms with van der Waals surface area (Å²) in [5.41, 5.74) is 6.51. The van der Waals surface area contributed by atoms with Crippen molar-refractivity contribution >= 4 is 17.3 Å². The van der Waals surface area contributed by atoms with Crippen LogP contribution in [0.2, 0.25) is 0 Å². The summed E-state index contributed by atoms with van der Waals surface area (Å²) in [7, 11) is 0. The van der Waals surface area contributed by atoms with Gasteiger partial charge in [0.1, 0.15) is 5.56 Å². The molecule has 2 aromatic carbocycles. The molecule has 1 aliphatic carbocycles. The smallest absolute Gasteiger partial charge is 0.267 e. The molecule has 0 radical (unpaired) electrons. The minimum atomic E-state index is -0.593. The Balaban J connectivity index is 1.78. The van der Waals surface area contributed by atoms with Crippen molar-refractivity contribution in [3.8, 4) is 0 Å². The molecule has 6 nitrogen and oxygen atoms in total. The molecular formula is C19H19N3O3. The van der Waals surface area contributed by atoms with E-state index in [4.69, 9.17) is 0 Å². The number of rotatable bonds is 4. The number of nitrogens with one attached hydrogen (secondary N) is 1. The maximum absolute atomic E-state index is 12.2. The highest BCUT2D eigenvalue weighted by molar-refractivity contribution is 6.02. The topological polar surface area (TPSA) is 84.6 Å². The third kappa shape index (κ3) is 3.74. The Kier molecular flexibility index (Phi) is 4.88. The molecule has 0 spiro atoms. The first-order valence-electron chi connectivity index (χ1n) is 8.26. The summed E-state index contributed by atoms with van der Waals surface area (Å²) in [5.74, 6) is -0.593. The first-order valence-corrected chi connectivity index (χ1v) is 8.26. The summed E-state index contributed by atoms with van der Waals surface area (Å²) in [5, 5.41) is 15.1. The first kappa shape index (κ1) is 16.8. The van der Waals surface area contributed by atoms with Gasteiger partial charge in [-0.1, -0.05) is 24.3 Å². The minimum Gasteiger partial charge on any atom is -0.267 e. The van der Waals surface area contributed by atoms with E-state index in [-0.39, 0.29) is 11.3 Å². The molecule has 3 rings (SSSR count). The number of hydrogen-bond donors (Lipinski definition) is 1. The second-order valence-corrected chi connectivity index (χ2v) is 6.10. The Hall–Kier alpha value is -3.02. The molecule has 0 unspecified atom stereocenters. The van der Waals surface area contributed by atoms with Crippen LogP contribution >= 0.6 is 0 Å². The zero-order valence-electron chi connectivity index (χ0n) is 14.0. The number of hydrogen-bond acceptors (Lipinski definition) is 4. The van der Waals surface area contributed by atoms with Crippen molar-refractivity contribution in [2.45, 2.75) is 32.6 Å². The van der Waals surface area contributed by atoms with E-state index < -0.39 is 10.8 Å². The van der Waals surface area contributed by atoms with Gasteiger partial charge in [0.05, 0.1) is 10.6 Å². The fourth-order valence-corrected chi connectivity index (χ4v) is 3.04. The maximum Gasteiger partial charge on any atom is 0.282 e. The molecule has 0 heterocycles. The molecule has 128 valence electrons. The van der Waals surface area contributed by atoms with Crippen LogP contribution in [0.1, 0.15) is 46.8 Å². The minimum absolute atomic E-state index is 0.00510. The van der Waals surface area contributed by atoms with Gasteiger partial charge in [0, 0.05) is 6.07 Å². The second-order valence-electron chi connectivity index (χ2n) is 6.10. The lowest BCUT2D eigenvalue weighted by Crippen LogP contribution is -2.20. The zero-order valence-corrected chi connectivity index (χ0v) is 14.0. The van der Waals surface area contributed by atoms with Gasteiger partial charge in [-0.05, 0) is 61.4 Å². The van der Waals surface area contributed by atoms with Crippen LogP contribution < -0.4 is 5.43 Å². The van der Waals surface area contributed by atoms with Crippen molar-refractivity contribution in [1.29, 1.82) is 0 Å². The Morgan fingerprint density at radius 2 is 1.84 bits per heavy atom. The van der Waals surface area contributed by atoms with Crippen molar-refractivity contribution in [2.24, 2.45) is 5.10 Å². The number of carbonyl (C=O) groups excluding carboxylic acids is 1. The molecule has 0 fully saturated rings. The number of nitrogens with zero attached hydrogens (tertiary/aromatic N) is 2. The molecule has 6 heteroatoms. The average molecular weight is 337 g/mol. The maximum atomic E-state index is 12.2. The molecule has 0 atom stereocenters. The Morgan fingerprint density at radius 3 is 2.60 bits per heavy atom. The van der Waals surface area contributed by atoms with E-state index in [1.54, 1.807) is 6.07 Å². The van der Waals surface area contributed by atoms with E-state index in [0.29, 0.717) is 5.71 Å². The van der Waals surface area contributed by atoms with Gasteiger partial charge in [-0.3, -0.25) is 14.9 Å². The lowest BCUT2D eigenvalue weighted by Gasteiger charge is -2.16. The number of para-hydroxylation sites is 1. The number of hydrazone groups is 1. The third-order valence-corrected chi connectivity index (χ3v) is 4.44. The van der Waals surface area contributed by atoms with Crippen LogP contribution in [-0.2, 0) is 12.8 Å². The van der Waals surface area contributed by atoms with E-state index in [2.05, 4.69) is 22.7 Å². The third-order valence-electron chi connectivity index (χ3n) is 4.44. The lowest BCUT2D eigenvalue weighted by molar-refractivity contribution is -0.385. The van der Waals surface area contributed by atoms with Gasteiger partial charge in [-0.2, -0.15) is 5.10 Å². The highest BCUT2D eigenvalue weighted by Gasteiger charge is 2.19. The van der Waals surface area contributed by atoms with Crippen LogP contribution in [0.5, 0.6) is 0 Å². The van der Waals surface area contributed by atoms with E-state index in [9.17, 15) is 14.9 Å². The Labute approximate surface area is 145 Å². The van der Waals surface area contributed by atoms with Gasteiger partial charge in [-0.25, -0.2) is 5.43 Å². The number of amides is 1. The molecule has 0 bridgehead atoms. The molecule has 0 aromatic heterocycles. The number of benzene rings is 2. The first-order chi connectivity index (χ1) is 12.1. The van der Waals surface area contributed by atoms with Gasteiger partial charge in [0.15, 0.2) is 0 Å². The van der Waals surface area contributed by atoms with Gasteiger partial charge in [-0.15, -0.1) is 0 Å². The summed E-state index contributed by atoms with van der Waals surface area (Å²) in [4.78, 5) is 22.7. The van der Waals surface area contributed by atoms with E-state index in [0.717, 1.165) is 18.4 Å². The average Bonchev–Trinajstić information content (AvgIpc) is 2.65. The van der Waals surface area contributed by atoms with Gasteiger partial charge in [0.2, 0.25) is 0 Å². The summed E-state index contributed by atoms with van der Waals surface area (Å²) >= 11 is 0. The van der Waals surface area contributed by atoms with Crippen molar-refractivity contribution < 1.29 is 9.72 Å². The monoisotopic (exact) mass is 337 g/mol. The summed E-state index contributed by atoms with van der Waals surface area (Å²) in [6, 6.07) is 12.1. The molecule has 2 aromatic rings. The van der Waals surface area contributed by atoms with Gasteiger partial charge in [0.25, 0.3) is 11.6 Å². The molecule has 25 heavy (non-hydrogen) atoms. The summed E-state index contributed by atoms with van der Waals surface area (Å²) < 4.78 is 0. The Bertz CT molecular complexity index is 859. The van der Waals surface area contributed by atoms with Crippen LogP contribution in [0.3, 0.4) is 0 Å². The van der Waals surface area contributed by atoms with Crippen LogP contribution in [0.4, 0.5) is 5.69 Å². The standard InChI is InChI=1S/C19H19N3O3/c1-13(15-11-10-14-6-2-3-7-16(14)12-15)20-21-19(23)17-8-4-5-9-18(17)22(24)25/h4-5,8-12H,2-3,6-7H2,1H3,(H,21,23). The quantitative estimate of drug-likeness (QED) is 0.525. The lowest BCUT2D eigenvalue weighted by atomic mass is 9.90. The van der Waals surface area contributed by atoms with Crippen LogP contribution in [0.15, 0.2) is 47.6 Å². The summed E-state index contributed by atoms with van der Waals surface area (Å²) in [6.45, 7) is 1.81. The number of fused-ring (bicyclic) bond motifs is 1. The summed E-state index contributed by atoms with van der Waals surface area (Å²) in [6.07, 6.45) is 4.60. The number of nitro groups is 1. The predicted octanol–water partition coefficient (Wildman–Crippen LogP) is 3.63. The van der Waals surface area contributed by atoms with E-state index >= 15 is 0 Å². The number of aryl methyl sites for hydroxylation is 2. The van der Waals surface area contributed by atoms with Crippen LogP contribution in [0.25, 0.3) is 0 Å². The number of nitro benzene ring substituents is 1. The molecule has 1 aliphatic rings. The van der Waals surface area contributed by atoms with Crippen molar-refractivity contribution in [1.82, 2.24) is 5.43 Å². The van der Waals surface area contributed by atoms with Crippen molar-refractivity contribution in [3.63, 3.8) is 0 Å². The molecule has 0 aliphatic heterocycles.